The highest BCUT2D eigenvalue weighted by Gasteiger charge is 2.37. The number of aliphatic carboxylic acids is 1. The number of ether oxygens (including phenoxy) is 1. The lowest BCUT2D eigenvalue weighted by Gasteiger charge is -2.27. The van der Waals surface area contributed by atoms with Gasteiger partial charge in [-0.05, 0) is 47.4 Å². The van der Waals surface area contributed by atoms with Crippen LogP contribution in [0.2, 0.25) is 0 Å². The zero-order valence-corrected chi connectivity index (χ0v) is 19.7. The lowest BCUT2D eigenvalue weighted by atomic mass is 9.87. The molecule has 0 spiro atoms. The summed E-state index contributed by atoms with van der Waals surface area (Å²) in [5.74, 6) is -0.865. The fourth-order valence-electron chi connectivity index (χ4n) is 4.63. The number of amides is 2. The molecule has 2 aromatic rings. The number of rotatable bonds is 10. The number of hydrogen-bond donors (Lipinski definition) is 3. The van der Waals surface area contributed by atoms with E-state index in [9.17, 15) is 14.4 Å². The van der Waals surface area contributed by atoms with Crippen LogP contribution in [0.25, 0.3) is 11.1 Å². The number of alkyl carbamates (subject to hydrolysis) is 1. The number of carboxylic acids is 1. The van der Waals surface area contributed by atoms with Crippen molar-refractivity contribution in [3.05, 3.63) is 59.7 Å². The van der Waals surface area contributed by atoms with Crippen molar-refractivity contribution in [2.45, 2.75) is 51.5 Å². The van der Waals surface area contributed by atoms with Gasteiger partial charge in [-0.15, -0.1) is 0 Å². The van der Waals surface area contributed by atoms with E-state index in [1.54, 1.807) is 13.8 Å². The van der Waals surface area contributed by atoms with Crippen LogP contribution in [0.3, 0.4) is 0 Å². The quantitative estimate of drug-likeness (QED) is 0.486. The molecule has 180 valence electrons. The second kappa shape index (κ2) is 9.87. The Balaban J connectivity index is 1.26. The number of hydrogen-bond acceptors (Lipinski definition) is 4. The van der Waals surface area contributed by atoms with Gasteiger partial charge in [-0.25, -0.2) is 4.79 Å². The molecular formula is C27H32N2O5. The lowest BCUT2D eigenvalue weighted by molar-refractivity contribution is -0.138. The zero-order chi connectivity index (χ0) is 24.3. The van der Waals surface area contributed by atoms with Gasteiger partial charge >= 0.3 is 12.1 Å². The second-order valence-electron chi connectivity index (χ2n) is 9.90. The fraction of sp³-hybridized carbons (Fsp3) is 0.444. The van der Waals surface area contributed by atoms with Gasteiger partial charge in [-0.1, -0.05) is 62.4 Å². The summed E-state index contributed by atoms with van der Waals surface area (Å²) in [5.41, 5.74) is 3.91. The van der Waals surface area contributed by atoms with E-state index in [1.165, 1.54) is 11.1 Å². The number of carboxylic acid groups (broad SMARTS) is 1. The second-order valence-corrected chi connectivity index (χ2v) is 9.90. The van der Waals surface area contributed by atoms with E-state index in [0.29, 0.717) is 6.42 Å². The smallest absolute Gasteiger partial charge is 0.407 e. The van der Waals surface area contributed by atoms with Crippen LogP contribution in [0.5, 0.6) is 0 Å². The van der Waals surface area contributed by atoms with Crippen molar-refractivity contribution in [1.29, 1.82) is 0 Å². The molecule has 0 aromatic heterocycles. The molecule has 34 heavy (non-hydrogen) atoms. The zero-order valence-electron chi connectivity index (χ0n) is 19.7. The molecule has 3 N–H and O–H groups in total. The van der Waals surface area contributed by atoms with E-state index in [4.69, 9.17) is 9.84 Å². The van der Waals surface area contributed by atoms with Gasteiger partial charge in [0.25, 0.3) is 0 Å². The molecule has 0 aliphatic heterocycles. The Kier molecular flexibility index (Phi) is 6.91. The molecule has 7 heteroatoms. The van der Waals surface area contributed by atoms with Gasteiger partial charge in [0.2, 0.25) is 5.91 Å². The highest BCUT2D eigenvalue weighted by atomic mass is 16.5. The maximum atomic E-state index is 12.8. The highest BCUT2D eigenvalue weighted by Crippen LogP contribution is 2.44. The Morgan fingerprint density at radius 3 is 2.18 bits per heavy atom. The molecular weight excluding hydrogens is 432 g/mol. The molecule has 7 nitrogen and oxygen atoms in total. The molecule has 1 saturated carbocycles. The van der Waals surface area contributed by atoms with Crippen molar-refractivity contribution in [3.63, 3.8) is 0 Å². The molecule has 1 fully saturated rings. The van der Waals surface area contributed by atoms with Crippen molar-refractivity contribution in [2.75, 3.05) is 13.2 Å². The third-order valence-electron chi connectivity index (χ3n) is 6.88. The molecule has 0 radical (unpaired) electrons. The SMILES string of the molecule is CC(C)(CCNC(=O)OCC1c2ccccc2-c2ccccc21)C(=O)NC(CC(=O)O)C1CC1. The van der Waals surface area contributed by atoms with Crippen LogP contribution in [-0.4, -0.2) is 42.3 Å². The third kappa shape index (κ3) is 5.41. The first kappa shape index (κ1) is 23.8. The maximum absolute atomic E-state index is 12.8. The molecule has 1 unspecified atom stereocenters. The van der Waals surface area contributed by atoms with Crippen molar-refractivity contribution in [2.24, 2.45) is 11.3 Å². The Hall–Kier alpha value is -3.35. The summed E-state index contributed by atoms with van der Waals surface area (Å²) in [4.78, 5) is 36.2. The first-order chi connectivity index (χ1) is 16.3. The average molecular weight is 465 g/mol. The predicted octanol–water partition coefficient (Wildman–Crippen LogP) is 4.31. The normalized spacial score (nSPS) is 15.7. The number of carbonyl (C=O) groups excluding carboxylic acids is 2. The van der Waals surface area contributed by atoms with Crippen LogP contribution < -0.4 is 10.6 Å². The molecule has 4 rings (SSSR count). The van der Waals surface area contributed by atoms with Crippen LogP contribution in [-0.2, 0) is 14.3 Å². The van der Waals surface area contributed by atoms with Gasteiger partial charge in [-0.3, -0.25) is 9.59 Å². The molecule has 0 saturated heterocycles. The van der Waals surface area contributed by atoms with Crippen LogP contribution >= 0.6 is 0 Å². The molecule has 0 bridgehead atoms. The average Bonchev–Trinajstić information content (AvgIpc) is 3.60. The topological polar surface area (TPSA) is 105 Å². The number of carbonyl (C=O) groups is 3. The van der Waals surface area contributed by atoms with E-state index in [0.717, 1.165) is 24.0 Å². The Morgan fingerprint density at radius 1 is 1.03 bits per heavy atom. The minimum Gasteiger partial charge on any atom is -0.481 e. The van der Waals surface area contributed by atoms with Crippen LogP contribution in [0.4, 0.5) is 4.79 Å². The van der Waals surface area contributed by atoms with Gasteiger partial charge in [-0.2, -0.15) is 0 Å². The summed E-state index contributed by atoms with van der Waals surface area (Å²) in [6.45, 7) is 4.12. The summed E-state index contributed by atoms with van der Waals surface area (Å²) in [7, 11) is 0. The largest absolute Gasteiger partial charge is 0.481 e. The number of benzene rings is 2. The Labute approximate surface area is 199 Å². The summed E-state index contributed by atoms with van der Waals surface area (Å²) in [6, 6.07) is 16.0. The Morgan fingerprint density at radius 2 is 1.62 bits per heavy atom. The number of fused-ring (bicyclic) bond motifs is 3. The fourth-order valence-corrected chi connectivity index (χ4v) is 4.63. The van der Waals surface area contributed by atoms with Gasteiger partial charge < -0.3 is 20.5 Å². The molecule has 1 atom stereocenters. The molecule has 2 aliphatic carbocycles. The summed E-state index contributed by atoms with van der Waals surface area (Å²) in [5, 5.41) is 14.8. The summed E-state index contributed by atoms with van der Waals surface area (Å²) >= 11 is 0. The molecule has 2 aliphatic rings. The van der Waals surface area contributed by atoms with E-state index < -0.39 is 17.5 Å². The van der Waals surface area contributed by atoms with Crippen molar-refractivity contribution < 1.29 is 24.2 Å². The van der Waals surface area contributed by atoms with Gasteiger partial charge in [0, 0.05) is 23.9 Å². The van der Waals surface area contributed by atoms with Crippen molar-refractivity contribution >= 4 is 18.0 Å². The first-order valence-corrected chi connectivity index (χ1v) is 11.9. The van der Waals surface area contributed by atoms with Crippen LogP contribution in [0, 0.1) is 11.3 Å². The first-order valence-electron chi connectivity index (χ1n) is 11.9. The van der Waals surface area contributed by atoms with Crippen molar-refractivity contribution in [1.82, 2.24) is 10.6 Å². The molecule has 2 amide bonds. The van der Waals surface area contributed by atoms with Gasteiger partial charge in [0.05, 0.1) is 6.42 Å². The van der Waals surface area contributed by atoms with E-state index in [-0.39, 0.29) is 43.4 Å². The van der Waals surface area contributed by atoms with E-state index >= 15 is 0 Å². The predicted molar refractivity (Wildman–Crippen MR) is 128 cm³/mol. The van der Waals surface area contributed by atoms with Gasteiger partial charge in [0.1, 0.15) is 6.61 Å². The Bertz CT molecular complexity index is 1030. The van der Waals surface area contributed by atoms with Gasteiger partial charge in [0.15, 0.2) is 0 Å². The van der Waals surface area contributed by atoms with Crippen molar-refractivity contribution in [3.8, 4) is 11.1 Å². The third-order valence-corrected chi connectivity index (χ3v) is 6.88. The lowest BCUT2D eigenvalue weighted by Crippen LogP contribution is -2.46. The minimum absolute atomic E-state index is 0.00559. The molecule has 0 heterocycles. The number of nitrogens with one attached hydrogen (secondary N) is 2. The van der Waals surface area contributed by atoms with E-state index in [1.807, 2.05) is 24.3 Å². The van der Waals surface area contributed by atoms with Crippen LogP contribution in [0.1, 0.15) is 56.6 Å². The standard InChI is InChI=1S/C27H32N2O5/c1-27(2,25(32)29-23(15-24(30)31)17-11-12-17)13-14-28-26(33)34-16-22-20-9-5-3-7-18(20)19-8-4-6-10-21(19)22/h3-10,17,22-23H,11-16H2,1-2H3,(H,28,33)(H,29,32)(H,30,31). The molecule has 2 aromatic carbocycles. The maximum Gasteiger partial charge on any atom is 0.407 e. The monoisotopic (exact) mass is 464 g/mol. The van der Waals surface area contributed by atoms with Crippen LogP contribution in [0.15, 0.2) is 48.5 Å². The minimum atomic E-state index is -0.910. The highest BCUT2D eigenvalue weighted by molar-refractivity contribution is 5.83. The summed E-state index contributed by atoms with van der Waals surface area (Å²) in [6.07, 6.45) is 1.72. The van der Waals surface area contributed by atoms with E-state index in [2.05, 4.69) is 34.9 Å². The summed E-state index contributed by atoms with van der Waals surface area (Å²) < 4.78 is 5.55.